The lowest BCUT2D eigenvalue weighted by molar-refractivity contribution is -0.115. The number of amides is 1. The van der Waals surface area contributed by atoms with Crippen molar-refractivity contribution >= 4 is 29.1 Å². The Balaban J connectivity index is 1.92. The lowest BCUT2D eigenvalue weighted by Gasteiger charge is -2.15. The summed E-state index contributed by atoms with van der Waals surface area (Å²) in [5.74, 6) is 0.840. The van der Waals surface area contributed by atoms with Gasteiger partial charge in [-0.3, -0.25) is 9.59 Å². The van der Waals surface area contributed by atoms with Crippen molar-refractivity contribution in [3.63, 3.8) is 0 Å². The lowest BCUT2D eigenvalue weighted by Crippen LogP contribution is -2.24. The molecule has 1 unspecified atom stereocenters. The van der Waals surface area contributed by atoms with Gasteiger partial charge in [0.1, 0.15) is 0 Å². The van der Waals surface area contributed by atoms with Crippen LogP contribution < -0.4 is 5.32 Å². The van der Waals surface area contributed by atoms with Crippen LogP contribution in [0.1, 0.15) is 36.2 Å². The van der Waals surface area contributed by atoms with Gasteiger partial charge in [-0.25, -0.2) is 0 Å². The topological polar surface area (TPSA) is 46.2 Å². The number of benzene rings is 2. The standard InChI is InChI=1S/C19H21NO2S/c1-3-18(23-13-15-7-5-4-6-8-15)19(22)20-17-11-9-16(10-12-17)14(2)21/h4-12,18H,3,13H2,1-2H3,(H,20,22). The Morgan fingerprint density at radius 2 is 1.70 bits per heavy atom. The van der Waals surface area contributed by atoms with Gasteiger partial charge in [-0.1, -0.05) is 37.3 Å². The molecule has 2 aromatic rings. The van der Waals surface area contributed by atoms with E-state index in [1.807, 2.05) is 25.1 Å². The van der Waals surface area contributed by atoms with Gasteiger partial charge in [0.2, 0.25) is 5.91 Å². The minimum absolute atomic E-state index is 0.00371. The SMILES string of the molecule is CCC(SCc1ccccc1)C(=O)Nc1ccc(C(C)=O)cc1. The van der Waals surface area contributed by atoms with E-state index in [1.165, 1.54) is 12.5 Å². The highest BCUT2D eigenvalue weighted by Crippen LogP contribution is 2.22. The second-order valence-corrected chi connectivity index (χ2v) is 6.51. The zero-order chi connectivity index (χ0) is 16.7. The van der Waals surface area contributed by atoms with Gasteiger partial charge in [-0.15, -0.1) is 11.8 Å². The number of anilines is 1. The molecule has 0 radical (unpaired) electrons. The first-order chi connectivity index (χ1) is 11.1. The van der Waals surface area contributed by atoms with Crippen LogP contribution in [0.15, 0.2) is 54.6 Å². The Kier molecular flexibility index (Phi) is 6.41. The van der Waals surface area contributed by atoms with Gasteiger partial charge in [0.05, 0.1) is 5.25 Å². The zero-order valence-electron chi connectivity index (χ0n) is 13.4. The fourth-order valence-corrected chi connectivity index (χ4v) is 3.19. The number of rotatable bonds is 7. The third-order valence-electron chi connectivity index (χ3n) is 3.52. The molecular formula is C19H21NO2S. The molecule has 1 amide bonds. The quantitative estimate of drug-likeness (QED) is 0.759. The first-order valence-corrected chi connectivity index (χ1v) is 8.72. The molecule has 0 aromatic heterocycles. The first kappa shape index (κ1) is 17.3. The van der Waals surface area contributed by atoms with Gasteiger partial charge < -0.3 is 5.32 Å². The predicted octanol–water partition coefficient (Wildman–Crippen LogP) is 4.54. The van der Waals surface area contributed by atoms with Gasteiger partial charge in [0.25, 0.3) is 0 Å². The maximum absolute atomic E-state index is 12.4. The molecule has 2 rings (SSSR count). The fraction of sp³-hybridized carbons (Fsp3) is 0.263. The van der Waals surface area contributed by atoms with Crippen LogP contribution in [0.4, 0.5) is 5.69 Å². The maximum Gasteiger partial charge on any atom is 0.237 e. The van der Waals surface area contributed by atoms with Crippen LogP contribution in [0.25, 0.3) is 0 Å². The van der Waals surface area contributed by atoms with Crippen molar-refractivity contribution in [1.82, 2.24) is 0 Å². The summed E-state index contributed by atoms with van der Waals surface area (Å²) in [7, 11) is 0. The van der Waals surface area contributed by atoms with E-state index in [0.717, 1.165) is 17.9 Å². The van der Waals surface area contributed by atoms with Gasteiger partial charge in [0.15, 0.2) is 5.78 Å². The Morgan fingerprint density at radius 1 is 1.04 bits per heavy atom. The highest BCUT2D eigenvalue weighted by Gasteiger charge is 2.17. The Bertz CT molecular complexity index is 653. The molecule has 0 fully saturated rings. The molecule has 1 N–H and O–H groups in total. The van der Waals surface area contributed by atoms with E-state index in [1.54, 1.807) is 36.0 Å². The minimum Gasteiger partial charge on any atom is -0.325 e. The number of carbonyl (C=O) groups excluding carboxylic acids is 2. The van der Waals surface area contributed by atoms with Crippen molar-refractivity contribution < 1.29 is 9.59 Å². The number of carbonyl (C=O) groups is 2. The highest BCUT2D eigenvalue weighted by atomic mass is 32.2. The van der Waals surface area contributed by atoms with Crippen molar-refractivity contribution in [2.45, 2.75) is 31.3 Å². The van der Waals surface area contributed by atoms with Crippen LogP contribution in [0.2, 0.25) is 0 Å². The number of hydrogen-bond donors (Lipinski definition) is 1. The van der Waals surface area contributed by atoms with Gasteiger partial charge >= 0.3 is 0 Å². The van der Waals surface area contributed by atoms with Crippen LogP contribution in [0.3, 0.4) is 0 Å². The molecule has 4 heteroatoms. The monoisotopic (exact) mass is 327 g/mol. The van der Waals surface area contributed by atoms with E-state index in [-0.39, 0.29) is 16.9 Å². The number of ketones is 1. The highest BCUT2D eigenvalue weighted by molar-refractivity contribution is 7.99. The van der Waals surface area contributed by atoms with Crippen molar-refractivity contribution in [3.8, 4) is 0 Å². The van der Waals surface area contributed by atoms with Gasteiger partial charge in [0, 0.05) is 17.0 Å². The molecule has 120 valence electrons. The van der Waals surface area contributed by atoms with E-state index in [2.05, 4.69) is 17.4 Å². The van der Waals surface area contributed by atoms with Crippen molar-refractivity contribution in [3.05, 3.63) is 65.7 Å². The molecule has 3 nitrogen and oxygen atoms in total. The molecule has 0 aliphatic heterocycles. The molecule has 0 aliphatic carbocycles. The zero-order valence-corrected chi connectivity index (χ0v) is 14.2. The third-order valence-corrected chi connectivity index (χ3v) is 4.97. The molecule has 0 saturated heterocycles. The van der Waals surface area contributed by atoms with E-state index in [0.29, 0.717) is 5.56 Å². The molecule has 0 aliphatic rings. The average Bonchev–Trinajstić information content (AvgIpc) is 2.57. The lowest BCUT2D eigenvalue weighted by atomic mass is 10.1. The Morgan fingerprint density at radius 3 is 2.26 bits per heavy atom. The summed E-state index contributed by atoms with van der Waals surface area (Å²) < 4.78 is 0. The number of hydrogen-bond acceptors (Lipinski definition) is 3. The molecule has 0 spiro atoms. The Hall–Kier alpha value is -2.07. The summed E-state index contributed by atoms with van der Waals surface area (Å²) >= 11 is 1.64. The minimum atomic E-state index is -0.0947. The van der Waals surface area contributed by atoms with E-state index >= 15 is 0 Å². The van der Waals surface area contributed by atoms with Crippen LogP contribution in [0.5, 0.6) is 0 Å². The number of Topliss-reactive ketones (excluding diaryl/α,β-unsaturated/α-hetero) is 1. The summed E-state index contributed by atoms with van der Waals surface area (Å²) in [5.41, 5.74) is 2.59. The molecule has 0 saturated carbocycles. The fourth-order valence-electron chi connectivity index (χ4n) is 2.16. The van der Waals surface area contributed by atoms with Crippen LogP contribution in [-0.2, 0) is 10.5 Å². The molecule has 2 aromatic carbocycles. The van der Waals surface area contributed by atoms with Crippen molar-refractivity contribution in [2.24, 2.45) is 0 Å². The second kappa shape index (κ2) is 8.53. The van der Waals surface area contributed by atoms with Gasteiger partial charge in [-0.2, -0.15) is 0 Å². The van der Waals surface area contributed by atoms with Crippen LogP contribution in [-0.4, -0.2) is 16.9 Å². The van der Waals surface area contributed by atoms with Crippen molar-refractivity contribution in [2.75, 3.05) is 5.32 Å². The Labute approximate surface area is 141 Å². The molecule has 1 atom stereocenters. The number of thioether (sulfide) groups is 1. The normalized spacial score (nSPS) is 11.7. The first-order valence-electron chi connectivity index (χ1n) is 7.67. The van der Waals surface area contributed by atoms with E-state index in [4.69, 9.17) is 0 Å². The molecular weight excluding hydrogens is 306 g/mol. The molecule has 23 heavy (non-hydrogen) atoms. The largest absolute Gasteiger partial charge is 0.325 e. The summed E-state index contributed by atoms with van der Waals surface area (Å²) in [6.45, 7) is 3.54. The second-order valence-electron chi connectivity index (χ2n) is 5.32. The number of nitrogens with one attached hydrogen (secondary N) is 1. The van der Waals surface area contributed by atoms with Gasteiger partial charge in [-0.05, 0) is 43.2 Å². The summed E-state index contributed by atoms with van der Waals surface area (Å²) in [4.78, 5) is 23.6. The third kappa shape index (κ3) is 5.25. The molecule has 0 bridgehead atoms. The van der Waals surface area contributed by atoms with E-state index in [9.17, 15) is 9.59 Å². The van der Waals surface area contributed by atoms with Crippen molar-refractivity contribution in [1.29, 1.82) is 0 Å². The molecule has 0 heterocycles. The average molecular weight is 327 g/mol. The van der Waals surface area contributed by atoms with E-state index < -0.39 is 0 Å². The smallest absolute Gasteiger partial charge is 0.237 e. The predicted molar refractivity (Wildman–Crippen MR) is 96.9 cm³/mol. The summed E-state index contributed by atoms with van der Waals surface area (Å²) in [5, 5.41) is 2.83. The van der Waals surface area contributed by atoms with Crippen LogP contribution in [0, 0.1) is 0 Å². The maximum atomic E-state index is 12.4. The summed E-state index contributed by atoms with van der Waals surface area (Å²) in [6, 6.07) is 17.1. The van der Waals surface area contributed by atoms with Crippen LogP contribution >= 0.6 is 11.8 Å². The summed E-state index contributed by atoms with van der Waals surface area (Å²) in [6.07, 6.45) is 0.773.